The number of benzene rings is 4. The number of oxazole rings is 1. The topological polar surface area (TPSA) is 75.8 Å². The van der Waals surface area contributed by atoms with Crippen LogP contribution in [-0.4, -0.2) is 22.7 Å². The maximum Gasteiger partial charge on any atom is 0.303 e. The molecule has 5 rings (SSSR count). The molecule has 0 amide bonds. The predicted molar refractivity (Wildman–Crippen MR) is 167 cm³/mol. The maximum atomic E-state index is 14.4. The Morgan fingerprint density at radius 3 is 2.33 bits per heavy atom. The Labute approximate surface area is 264 Å². The fourth-order valence-electron chi connectivity index (χ4n) is 4.35. The van der Waals surface area contributed by atoms with Crippen molar-refractivity contribution in [2.24, 2.45) is 0 Å². The van der Waals surface area contributed by atoms with Crippen molar-refractivity contribution in [3.05, 3.63) is 125 Å². The maximum absolute atomic E-state index is 14.4. The number of halogens is 4. The van der Waals surface area contributed by atoms with E-state index < -0.39 is 29.2 Å². The highest BCUT2D eigenvalue weighted by Crippen LogP contribution is 2.45. The summed E-state index contributed by atoms with van der Waals surface area (Å²) in [5, 5.41) is 9.35. The number of hydrogen-bond donors (Lipinski definition) is 1. The zero-order chi connectivity index (χ0) is 31.9. The van der Waals surface area contributed by atoms with Gasteiger partial charge in [0.15, 0.2) is 23.3 Å². The Bertz CT molecular complexity index is 1800. The molecular formula is C33H26F4N2O4S2. The number of ether oxygens (including phenoxy) is 1. The summed E-state index contributed by atoms with van der Waals surface area (Å²) in [5.41, 5.74) is 2.85. The summed E-state index contributed by atoms with van der Waals surface area (Å²) in [6, 6.07) is 21.3. The van der Waals surface area contributed by atoms with Crippen LogP contribution in [0, 0.1) is 30.2 Å². The van der Waals surface area contributed by atoms with Crippen LogP contribution in [0.5, 0.6) is 5.75 Å². The molecule has 0 atom stereocenters. The van der Waals surface area contributed by atoms with Gasteiger partial charge in [-0.05, 0) is 78.2 Å². The van der Waals surface area contributed by atoms with Gasteiger partial charge in [0.25, 0.3) is 0 Å². The molecule has 0 fully saturated rings. The van der Waals surface area contributed by atoms with Gasteiger partial charge in [-0.15, -0.1) is 0 Å². The van der Waals surface area contributed by atoms with E-state index in [0.717, 1.165) is 57.3 Å². The zero-order valence-electron chi connectivity index (χ0n) is 23.8. The van der Waals surface area contributed by atoms with Crippen LogP contribution in [0.25, 0.3) is 11.5 Å². The molecule has 232 valence electrons. The number of carbonyl (C=O) groups is 1. The lowest BCUT2D eigenvalue weighted by Gasteiger charge is -2.26. The average molecular weight is 655 g/mol. The van der Waals surface area contributed by atoms with Crippen LogP contribution in [0.2, 0.25) is 0 Å². The van der Waals surface area contributed by atoms with Crippen molar-refractivity contribution in [2.75, 3.05) is 10.9 Å². The second-order valence-corrected chi connectivity index (χ2v) is 11.9. The molecule has 0 bridgehead atoms. The van der Waals surface area contributed by atoms with Crippen LogP contribution in [0.15, 0.2) is 94.2 Å². The third kappa shape index (κ3) is 8.20. The van der Waals surface area contributed by atoms with Crippen molar-refractivity contribution < 1.29 is 36.6 Å². The quantitative estimate of drug-likeness (QED) is 0.0765. The summed E-state index contributed by atoms with van der Waals surface area (Å²) >= 11 is 0. The summed E-state index contributed by atoms with van der Waals surface area (Å²) < 4.78 is 69.1. The second-order valence-electron chi connectivity index (χ2n) is 9.80. The Kier molecular flexibility index (Phi) is 10.4. The van der Waals surface area contributed by atoms with Crippen LogP contribution in [0.1, 0.15) is 23.4 Å². The van der Waals surface area contributed by atoms with Crippen LogP contribution < -0.4 is 9.04 Å². The first-order valence-corrected chi connectivity index (χ1v) is 15.8. The van der Waals surface area contributed by atoms with E-state index in [1.54, 1.807) is 22.5 Å². The Balaban J connectivity index is 1.42. The van der Waals surface area contributed by atoms with Crippen LogP contribution >= 0.6 is 21.8 Å². The van der Waals surface area contributed by atoms with E-state index in [0.29, 0.717) is 40.0 Å². The largest absolute Gasteiger partial charge is 0.493 e. The van der Waals surface area contributed by atoms with E-state index >= 15 is 0 Å². The molecule has 0 saturated heterocycles. The van der Waals surface area contributed by atoms with Gasteiger partial charge < -0.3 is 14.3 Å². The molecule has 5 aromatic rings. The van der Waals surface area contributed by atoms with Gasteiger partial charge in [-0.2, -0.15) is 0 Å². The molecule has 0 unspecified atom stereocenters. The normalized spacial score (nSPS) is 11.0. The molecule has 0 aliphatic carbocycles. The number of aliphatic carboxylic acids is 1. The zero-order valence-corrected chi connectivity index (χ0v) is 25.4. The monoisotopic (exact) mass is 654 g/mol. The number of carboxylic acid groups (broad SMARTS) is 1. The van der Waals surface area contributed by atoms with E-state index in [-0.39, 0.29) is 25.1 Å². The molecule has 0 aliphatic rings. The lowest BCUT2D eigenvalue weighted by Crippen LogP contribution is -2.11. The van der Waals surface area contributed by atoms with E-state index in [4.69, 9.17) is 9.15 Å². The van der Waals surface area contributed by atoms with Crippen molar-refractivity contribution in [1.82, 2.24) is 4.98 Å². The van der Waals surface area contributed by atoms with E-state index in [1.807, 2.05) is 37.3 Å². The Hall–Kier alpha value is -4.42. The fourth-order valence-corrected chi connectivity index (χ4v) is 6.53. The highest BCUT2D eigenvalue weighted by Gasteiger charge is 2.20. The van der Waals surface area contributed by atoms with Gasteiger partial charge in [-0.1, -0.05) is 24.3 Å². The summed E-state index contributed by atoms with van der Waals surface area (Å²) in [7, 11) is 2.09. The number of aromatic nitrogens is 1. The van der Waals surface area contributed by atoms with Crippen molar-refractivity contribution in [3.63, 3.8) is 0 Å². The van der Waals surface area contributed by atoms with Crippen molar-refractivity contribution in [3.8, 4) is 17.2 Å². The Morgan fingerprint density at radius 2 is 1.62 bits per heavy atom. The van der Waals surface area contributed by atoms with E-state index in [9.17, 15) is 27.5 Å². The van der Waals surface area contributed by atoms with Gasteiger partial charge in [0.05, 0.1) is 23.7 Å². The fraction of sp³-hybridized carbons (Fsp3) is 0.152. The van der Waals surface area contributed by atoms with Gasteiger partial charge in [0.1, 0.15) is 11.5 Å². The molecule has 1 heterocycles. The molecule has 1 aromatic heterocycles. The summed E-state index contributed by atoms with van der Waals surface area (Å²) in [5.74, 6) is -3.58. The lowest BCUT2D eigenvalue weighted by molar-refractivity contribution is -0.136. The minimum atomic E-state index is -1.09. The predicted octanol–water partition coefficient (Wildman–Crippen LogP) is 9.34. The van der Waals surface area contributed by atoms with Gasteiger partial charge in [-0.25, -0.2) is 22.5 Å². The molecule has 6 nitrogen and oxygen atoms in total. The highest BCUT2D eigenvalue weighted by atomic mass is 33.1. The first-order chi connectivity index (χ1) is 21.7. The molecule has 0 saturated carbocycles. The van der Waals surface area contributed by atoms with Crippen LogP contribution in [0.4, 0.5) is 28.9 Å². The van der Waals surface area contributed by atoms with Gasteiger partial charge in [-0.3, -0.25) is 9.10 Å². The lowest BCUT2D eigenvalue weighted by atomic mass is 10.1. The molecule has 0 radical (unpaired) electrons. The first-order valence-electron chi connectivity index (χ1n) is 13.7. The summed E-state index contributed by atoms with van der Waals surface area (Å²) in [4.78, 5) is 16.4. The van der Waals surface area contributed by atoms with Crippen molar-refractivity contribution in [1.29, 1.82) is 0 Å². The standard InChI is InChI=1S/C33H26F4N2O4S2/c1-20-30(38-33(43-20)22-5-3-2-4-6-22)15-16-42-24-10-7-21(8-14-32(40)41)31(18-24)39(23-9-12-26(34)28(36)17-23)45-44-25-11-13-27(35)29(37)19-25/h2-7,9-13,17-19H,8,14-16H2,1H3,(H,40,41). The number of hydrogen-bond acceptors (Lipinski definition) is 7. The molecule has 1 N–H and O–H groups in total. The first kappa shape index (κ1) is 32.0. The Morgan fingerprint density at radius 1 is 0.889 bits per heavy atom. The van der Waals surface area contributed by atoms with Gasteiger partial charge in [0.2, 0.25) is 5.89 Å². The third-order valence-corrected chi connectivity index (χ3v) is 8.97. The van der Waals surface area contributed by atoms with Crippen molar-refractivity contribution in [2.45, 2.75) is 31.1 Å². The minimum absolute atomic E-state index is 0.127. The second kappa shape index (κ2) is 14.6. The molecule has 45 heavy (non-hydrogen) atoms. The molecule has 12 heteroatoms. The molecule has 4 aromatic carbocycles. The number of rotatable bonds is 13. The van der Waals surface area contributed by atoms with E-state index in [1.165, 1.54) is 12.1 Å². The SMILES string of the molecule is Cc1oc(-c2ccccc2)nc1CCOc1ccc(CCC(=O)O)c(N(SSc2ccc(F)c(F)c2)c2ccc(F)c(F)c2)c1. The van der Waals surface area contributed by atoms with Gasteiger partial charge in [0, 0.05) is 46.4 Å². The summed E-state index contributed by atoms with van der Waals surface area (Å²) in [6.45, 7) is 2.06. The number of carboxylic acids is 1. The number of aryl methyl sites for hydroxylation is 2. The van der Waals surface area contributed by atoms with Gasteiger partial charge >= 0.3 is 5.97 Å². The molecule has 0 aliphatic heterocycles. The third-order valence-electron chi connectivity index (χ3n) is 6.64. The van der Waals surface area contributed by atoms with Crippen LogP contribution in [0.3, 0.4) is 0 Å². The smallest absolute Gasteiger partial charge is 0.303 e. The van der Waals surface area contributed by atoms with Crippen LogP contribution in [-0.2, 0) is 17.6 Å². The average Bonchev–Trinajstić information content (AvgIpc) is 3.40. The number of nitrogens with zero attached hydrogens (tertiary/aromatic N) is 2. The molecule has 0 spiro atoms. The highest BCUT2D eigenvalue weighted by molar-refractivity contribution is 8.77. The van der Waals surface area contributed by atoms with E-state index in [2.05, 4.69) is 4.98 Å². The minimum Gasteiger partial charge on any atom is -0.493 e. The number of anilines is 2. The summed E-state index contributed by atoms with van der Waals surface area (Å²) in [6.07, 6.45) is 0.378. The van der Waals surface area contributed by atoms with Crippen molar-refractivity contribution >= 4 is 39.1 Å². The molecular weight excluding hydrogens is 628 g/mol.